The molecule has 1 aliphatic rings. The van der Waals surface area contributed by atoms with E-state index in [0.717, 1.165) is 0 Å². The van der Waals surface area contributed by atoms with Crippen molar-refractivity contribution in [3.05, 3.63) is 24.2 Å². The van der Waals surface area contributed by atoms with Crippen LogP contribution in [0, 0.1) is 0 Å². The van der Waals surface area contributed by atoms with Crippen LogP contribution in [-0.2, 0) is 0 Å². The summed E-state index contributed by atoms with van der Waals surface area (Å²) in [6, 6.07) is 2.72. The van der Waals surface area contributed by atoms with Gasteiger partial charge in [0.25, 0.3) is 0 Å². The predicted molar refractivity (Wildman–Crippen MR) is 52.5 cm³/mol. The maximum absolute atomic E-state index is 5.13. The predicted octanol–water partition coefficient (Wildman–Crippen LogP) is 2.83. The second-order valence-electron chi connectivity index (χ2n) is 3.75. The van der Waals surface area contributed by atoms with E-state index in [2.05, 4.69) is 17.9 Å². The van der Waals surface area contributed by atoms with Crippen molar-refractivity contribution in [2.45, 2.75) is 32.2 Å². The highest BCUT2D eigenvalue weighted by atomic mass is 16.3. The van der Waals surface area contributed by atoms with Crippen LogP contribution in [0.4, 0.5) is 0 Å². The highest BCUT2D eigenvalue weighted by Gasteiger charge is 2.25. The van der Waals surface area contributed by atoms with E-state index in [1.165, 1.54) is 37.9 Å². The Labute approximate surface area is 79.5 Å². The largest absolute Gasteiger partial charge is 0.472 e. The molecule has 13 heavy (non-hydrogen) atoms. The summed E-state index contributed by atoms with van der Waals surface area (Å²) >= 11 is 0. The van der Waals surface area contributed by atoms with Gasteiger partial charge in [0.05, 0.1) is 12.5 Å². The van der Waals surface area contributed by atoms with Crippen molar-refractivity contribution < 1.29 is 4.42 Å². The molecule has 2 heterocycles. The number of furan rings is 1. The number of hydrogen-bond acceptors (Lipinski definition) is 2. The zero-order valence-corrected chi connectivity index (χ0v) is 8.20. The normalized spacial score (nSPS) is 23.9. The van der Waals surface area contributed by atoms with Gasteiger partial charge in [0, 0.05) is 11.6 Å². The molecule has 0 amide bonds. The van der Waals surface area contributed by atoms with Gasteiger partial charge in [0.15, 0.2) is 0 Å². The fraction of sp³-hybridized carbons (Fsp3) is 0.636. The molecule has 1 aliphatic heterocycles. The second-order valence-corrected chi connectivity index (χ2v) is 3.75. The Bertz CT molecular complexity index is 243. The average Bonchev–Trinajstić information content (AvgIpc) is 2.71. The molecule has 1 aromatic heterocycles. The van der Waals surface area contributed by atoms with Crippen LogP contribution in [0.25, 0.3) is 0 Å². The molecule has 72 valence electrons. The van der Waals surface area contributed by atoms with Gasteiger partial charge >= 0.3 is 0 Å². The number of likely N-dealkylation sites (tertiary alicyclic amines) is 1. The Morgan fingerprint density at radius 1 is 1.62 bits per heavy atom. The molecule has 0 radical (unpaired) electrons. The number of hydrogen-bond donors (Lipinski definition) is 0. The molecule has 2 heteroatoms. The Balaban J connectivity index is 2.05. The van der Waals surface area contributed by atoms with Crippen molar-refractivity contribution in [3.8, 4) is 0 Å². The molecule has 0 aliphatic carbocycles. The van der Waals surface area contributed by atoms with Crippen molar-refractivity contribution in [1.82, 2.24) is 4.90 Å². The van der Waals surface area contributed by atoms with Crippen LogP contribution >= 0.6 is 0 Å². The van der Waals surface area contributed by atoms with Crippen LogP contribution in [0.5, 0.6) is 0 Å². The van der Waals surface area contributed by atoms with E-state index in [9.17, 15) is 0 Å². The lowest BCUT2D eigenvalue weighted by Crippen LogP contribution is -2.23. The van der Waals surface area contributed by atoms with Crippen LogP contribution < -0.4 is 0 Å². The van der Waals surface area contributed by atoms with Crippen LogP contribution in [-0.4, -0.2) is 18.0 Å². The lowest BCUT2D eigenvalue weighted by Gasteiger charge is -2.22. The first-order valence-corrected chi connectivity index (χ1v) is 5.18. The summed E-state index contributed by atoms with van der Waals surface area (Å²) < 4.78 is 5.13. The monoisotopic (exact) mass is 179 g/mol. The number of rotatable bonds is 3. The third-order valence-electron chi connectivity index (χ3n) is 2.80. The van der Waals surface area contributed by atoms with Gasteiger partial charge in [-0.2, -0.15) is 0 Å². The van der Waals surface area contributed by atoms with Gasteiger partial charge in [-0.1, -0.05) is 6.92 Å². The maximum Gasteiger partial charge on any atom is 0.0950 e. The first-order chi connectivity index (χ1) is 6.42. The molecule has 0 unspecified atom stereocenters. The molecule has 2 rings (SSSR count). The average molecular weight is 179 g/mol. The van der Waals surface area contributed by atoms with E-state index in [4.69, 9.17) is 4.42 Å². The summed E-state index contributed by atoms with van der Waals surface area (Å²) in [5.41, 5.74) is 1.35. The summed E-state index contributed by atoms with van der Waals surface area (Å²) in [5.74, 6) is 0. The Hall–Kier alpha value is -0.760. The SMILES string of the molecule is CCCN1CCC[C@H]1c1ccoc1. The minimum absolute atomic E-state index is 0.624. The molecular weight excluding hydrogens is 162 g/mol. The first-order valence-electron chi connectivity index (χ1n) is 5.18. The minimum Gasteiger partial charge on any atom is -0.472 e. The topological polar surface area (TPSA) is 16.4 Å². The molecule has 1 fully saturated rings. The van der Waals surface area contributed by atoms with Crippen molar-refractivity contribution in [3.63, 3.8) is 0 Å². The van der Waals surface area contributed by atoms with E-state index >= 15 is 0 Å². The van der Waals surface area contributed by atoms with E-state index in [-0.39, 0.29) is 0 Å². The van der Waals surface area contributed by atoms with Gasteiger partial charge in [0.1, 0.15) is 0 Å². The van der Waals surface area contributed by atoms with E-state index < -0.39 is 0 Å². The van der Waals surface area contributed by atoms with Crippen molar-refractivity contribution in [1.29, 1.82) is 0 Å². The van der Waals surface area contributed by atoms with Gasteiger partial charge in [-0.05, 0) is 38.4 Å². The van der Waals surface area contributed by atoms with Crippen molar-refractivity contribution in [2.24, 2.45) is 0 Å². The van der Waals surface area contributed by atoms with Crippen LogP contribution in [0.3, 0.4) is 0 Å². The highest BCUT2D eigenvalue weighted by Crippen LogP contribution is 2.31. The maximum atomic E-state index is 5.13. The van der Waals surface area contributed by atoms with Gasteiger partial charge in [-0.3, -0.25) is 4.90 Å². The summed E-state index contributed by atoms with van der Waals surface area (Å²) in [6.45, 7) is 4.71. The zero-order valence-electron chi connectivity index (χ0n) is 8.20. The third kappa shape index (κ3) is 1.78. The molecule has 1 atom stereocenters. The van der Waals surface area contributed by atoms with Crippen molar-refractivity contribution >= 4 is 0 Å². The second kappa shape index (κ2) is 3.97. The van der Waals surface area contributed by atoms with Gasteiger partial charge in [0.2, 0.25) is 0 Å². The lowest BCUT2D eigenvalue weighted by molar-refractivity contribution is 0.257. The smallest absolute Gasteiger partial charge is 0.0950 e. The molecule has 0 aromatic carbocycles. The van der Waals surface area contributed by atoms with Crippen LogP contribution in [0.2, 0.25) is 0 Å². The fourth-order valence-corrected chi connectivity index (χ4v) is 2.22. The zero-order chi connectivity index (χ0) is 9.10. The quantitative estimate of drug-likeness (QED) is 0.709. The first kappa shape index (κ1) is 8.82. The highest BCUT2D eigenvalue weighted by molar-refractivity contribution is 5.13. The van der Waals surface area contributed by atoms with Crippen molar-refractivity contribution in [2.75, 3.05) is 13.1 Å². The fourth-order valence-electron chi connectivity index (χ4n) is 2.22. The van der Waals surface area contributed by atoms with E-state index in [1.54, 1.807) is 6.26 Å². The molecule has 0 spiro atoms. The standard InChI is InChI=1S/C11H17NO/c1-2-6-12-7-3-4-11(12)10-5-8-13-9-10/h5,8-9,11H,2-4,6-7H2,1H3/t11-/m0/s1. The molecular formula is C11H17NO. The van der Waals surface area contributed by atoms with E-state index in [0.29, 0.717) is 6.04 Å². The third-order valence-corrected chi connectivity index (χ3v) is 2.80. The summed E-state index contributed by atoms with van der Waals surface area (Å²) in [4.78, 5) is 2.56. The lowest BCUT2D eigenvalue weighted by atomic mass is 10.1. The minimum atomic E-state index is 0.624. The molecule has 1 aromatic rings. The Morgan fingerprint density at radius 3 is 3.23 bits per heavy atom. The molecule has 0 saturated carbocycles. The Kier molecular flexibility index (Phi) is 2.69. The molecule has 2 nitrogen and oxygen atoms in total. The van der Waals surface area contributed by atoms with Crippen LogP contribution in [0.1, 0.15) is 37.8 Å². The van der Waals surface area contributed by atoms with Gasteiger partial charge in [-0.25, -0.2) is 0 Å². The summed E-state index contributed by atoms with van der Waals surface area (Å²) in [5, 5.41) is 0. The number of nitrogens with zero attached hydrogens (tertiary/aromatic N) is 1. The summed E-state index contributed by atoms with van der Waals surface area (Å²) in [7, 11) is 0. The van der Waals surface area contributed by atoms with Gasteiger partial charge in [-0.15, -0.1) is 0 Å². The van der Waals surface area contributed by atoms with E-state index in [1.807, 2.05) is 6.26 Å². The van der Waals surface area contributed by atoms with Gasteiger partial charge < -0.3 is 4.42 Å². The van der Waals surface area contributed by atoms with Crippen LogP contribution in [0.15, 0.2) is 23.0 Å². The molecule has 0 bridgehead atoms. The molecule has 1 saturated heterocycles. The molecule has 0 N–H and O–H groups in total. The summed E-state index contributed by atoms with van der Waals surface area (Å²) in [6.07, 6.45) is 7.53. The Morgan fingerprint density at radius 2 is 2.54 bits per heavy atom.